The van der Waals surface area contributed by atoms with Gasteiger partial charge >= 0.3 is 0 Å². The lowest BCUT2D eigenvalue weighted by Gasteiger charge is -2.08. The highest BCUT2D eigenvalue weighted by molar-refractivity contribution is 7.14. The van der Waals surface area contributed by atoms with Crippen LogP contribution in [0.3, 0.4) is 0 Å². The van der Waals surface area contributed by atoms with Gasteiger partial charge in [0.2, 0.25) is 0 Å². The minimum Gasteiger partial charge on any atom is -0.395 e. The number of nitrogens with one attached hydrogen (secondary N) is 1. The lowest BCUT2D eigenvalue weighted by Crippen LogP contribution is -2.25. The third-order valence-electron chi connectivity index (χ3n) is 2.62. The van der Waals surface area contributed by atoms with Crippen LogP contribution in [0.5, 0.6) is 0 Å². The molecule has 1 aromatic heterocycles. The van der Waals surface area contributed by atoms with Gasteiger partial charge in [-0.3, -0.25) is 4.79 Å². The summed E-state index contributed by atoms with van der Waals surface area (Å²) in [6, 6.07) is 2.01. The predicted molar refractivity (Wildman–Crippen MR) is 60.4 cm³/mol. The van der Waals surface area contributed by atoms with Crippen molar-refractivity contribution in [3.63, 3.8) is 0 Å². The molecule has 3 nitrogen and oxygen atoms in total. The predicted octanol–water partition coefficient (Wildman–Crippen LogP) is 1.35. The van der Waals surface area contributed by atoms with Crippen LogP contribution in [0.1, 0.15) is 33.0 Å². The van der Waals surface area contributed by atoms with E-state index in [1.165, 1.54) is 23.3 Å². The van der Waals surface area contributed by atoms with Crippen molar-refractivity contribution in [2.45, 2.75) is 25.7 Å². The van der Waals surface area contributed by atoms with Crippen molar-refractivity contribution in [2.24, 2.45) is 0 Å². The first-order chi connectivity index (χ1) is 7.31. The van der Waals surface area contributed by atoms with E-state index in [1.807, 2.05) is 6.07 Å². The van der Waals surface area contributed by atoms with Crippen LogP contribution in [0.25, 0.3) is 0 Å². The molecule has 2 rings (SSSR count). The van der Waals surface area contributed by atoms with Crippen LogP contribution in [0.2, 0.25) is 0 Å². The highest BCUT2D eigenvalue weighted by atomic mass is 32.1. The standard InChI is InChI=1S/C11H15NO2S/c13-6-5-12-11(14)10-7-8-3-1-2-4-9(8)15-10/h7,13H,1-6H2,(H,12,14). The molecule has 0 fully saturated rings. The number of aryl methyl sites for hydroxylation is 2. The summed E-state index contributed by atoms with van der Waals surface area (Å²) in [5.74, 6) is -0.0524. The molecule has 1 heterocycles. The smallest absolute Gasteiger partial charge is 0.261 e. The fourth-order valence-corrected chi connectivity index (χ4v) is 3.03. The molecule has 1 aliphatic carbocycles. The molecule has 0 aromatic carbocycles. The van der Waals surface area contributed by atoms with Gasteiger partial charge in [-0.15, -0.1) is 11.3 Å². The summed E-state index contributed by atoms with van der Waals surface area (Å²) in [5.41, 5.74) is 1.35. The molecule has 1 amide bonds. The molecule has 0 radical (unpaired) electrons. The molecule has 0 unspecified atom stereocenters. The summed E-state index contributed by atoms with van der Waals surface area (Å²) in [6.07, 6.45) is 4.71. The summed E-state index contributed by atoms with van der Waals surface area (Å²) in [6.45, 7) is 0.332. The van der Waals surface area contributed by atoms with E-state index in [0.717, 1.165) is 17.7 Å². The number of carbonyl (C=O) groups excluding carboxylic acids is 1. The van der Waals surface area contributed by atoms with Crippen LogP contribution in [0.4, 0.5) is 0 Å². The van der Waals surface area contributed by atoms with Crippen LogP contribution in [0.15, 0.2) is 6.07 Å². The van der Waals surface area contributed by atoms with E-state index < -0.39 is 0 Å². The topological polar surface area (TPSA) is 49.3 Å². The second kappa shape index (κ2) is 4.77. The highest BCUT2D eigenvalue weighted by Crippen LogP contribution is 2.29. The average molecular weight is 225 g/mol. The third kappa shape index (κ3) is 2.38. The SMILES string of the molecule is O=C(NCCO)c1cc2c(s1)CCCC2. The quantitative estimate of drug-likeness (QED) is 0.815. The van der Waals surface area contributed by atoms with Gasteiger partial charge in [-0.1, -0.05) is 0 Å². The van der Waals surface area contributed by atoms with Crippen molar-refractivity contribution < 1.29 is 9.90 Å². The van der Waals surface area contributed by atoms with Gasteiger partial charge in [-0.25, -0.2) is 0 Å². The molecular formula is C11H15NO2S. The molecule has 1 aromatic rings. The molecule has 82 valence electrons. The first-order valence-electron chi connectivity index (χ1n) is 5.32. The van der Waals surface area contributed by atoms with Crippen LogP contribution in [-0.4, -0.2) is 24.2 Å². The van der Waals surface area contributed by atoms with Crippen LogP contribution in [-0.2, 0) is 12.8 Å². The molecule has 0 saturated carbocycles. The normalized spacial score (nSPS) is 14.7. The maximum atomic E-state index is 11.6. The first kappa shape index (κ1) is 10.6. The summed E-state index contributed by atoms with van der Waals surface area (Å²) >= 11 is 1.60. The fourth-order valence-electron chi connectivity index (χ4n) is 1.86. The van der Waals surface area contributed by atoms with Gasteiger partial charge in [0.15, 0.2) is 0 Å². The Hall–Kier alpha value is -0.870. The number of aliphatic hydroxyl groups is 1. The largest absolute Gasteiger partial charge is 0.395 e. The van der Waals surface area contributed by atoms with E-state index in [9.17, 15) is 4.79 Å². The molecule has 1 aliphatic rings. The second-order valence-corrected chi connectivity index (χ2v) is 4.88. The average Bonchev–Trinajstić information content (AvgIpc) is 2.69. The molecule has 2 N–H and O–H groups in total. The van der Waals surface area contributed by atoms with Crippen LogP contribution < -0.4 is 5.32 Å². The Bertz CT molecular complexity index is 336. The molecular weight excluding hydrogens is 210 g/mol. The Morgan fingerprint density at radius 1 is 1.47 bits per heavy atom. The molecule has 15 heavy (non-hydrogen) atoms. The van der Waals surface area contributed by atoms with Crippen molar-refractivity contribution in [3.05, 3.63) is 21.4 Å². The number of hydrogen-bond donors (Lipinski definition) is 2. The van der Waals surface area contributed by atoms with Crippen molar-refractivity contribution in [2.75, 3.05) is 13.2 Å². The number of rotatable bonds is 3. The molecule has 0 spiro atoms. The Balaban J connectivity index is 2.08. The zero-order valence-corrected chi connectivity index (χ0v) is 9.40. The number of thiophene rings is 1. The monoisotopic (exact) mass is 225 g/mol. The Kier molecular flexibility index (Phi) is 3.38. The van der Waals surface area contributed by atoms with Gasteiger partial charge in [0.05, 0.1) is 11.5 Å². The van der Waals surface area contributed by atoms with Crippen molar-refractivity contribution >= 4 is 17.2 Å². The van der Waals surface area contributed by atoms with Crippen molar-refractivity contribution in [1.82, 2.24) is 5.32 Å². The number of hydrogen-bond acceptors (Lipinski definition) is 3. The zero-order valence-electron chi connectivity index (χ0n) is 8.58. The molecule has 0 saturated heterocycles. The highest BCUT2D eigenvalue weighted by Gasteiger charge is 2.16. The lowest BCUT2D eigenvalue weighted by atomic mass is 9.99. The summed E-state index contributed by atoms with van der Waals surface area (Å²) in [5, 5.41) is 11.3. The number of carbonyl (C=O) groups is 1. The van der Waals surface area contributed by atoms with Crippen LogP contribution >= 0.6 is 11.3 Å². The minimum atomic E-state index is -0.0524. The van der Waals surface area contributed by atoms with Gasteiger partial charge in [0, 0.05) is 11.4 Å². The van der Waals surface area contributed by atoms with E-state index in [-0.39, 0.29) is 12.5 Å². The second-order valence-electron chi connectivity index (χ2n) is 3.75. The number of amides is 1. The maximum absolute atomic E-state index is 11.6. The van der Waals surface area contributed by atoms with E-state index in [2.05, 4.69) is 5.32 Å². The third-order valence-corrected chi connectivity index (χ3v) is 3.85. The molecule has 4 heteroatoms. The number of aliphatic hydroxyl groups excluding tert-OH is 1. The van der Waals surface area contributed by atoms with Gasteiger partial charge in [-0.05, 0) is 37.3 Å². The molecule has 0 aliphatic heterocycles. The van der Waals surface area contributed by atoms with Gasteiger partial charge in [0.1, 0.15) is 0 Å². The Morgan fingerprint density at radius 2 is 2.27 bits per heavy atom. The zero-order chi connectivity index (χ0) is 10.7. The minimum absolute atomic E-state index is 0.00315. The molecule has 0 atom stereocenters. The fraction of sp³-hybridized carbons (Fsp3) is 0.545. The van der Waals surface area contributed by atoms with E-state index in [0.29, 0.717) is 6.54 Å². The van der Waals surface area contributed by atoms with Crippen molar-refractivity contribution in [3.8, 4) is 0 Å². The maximum Gasteiger partial charge on any atom is 0.261 e. The van der Waals surface area contributed by atoms with Gasteiger partial charge in [0.25, 0.3) is 5.91 Å². The Labute approximate surface area is 93.1 Å². The van der Waals surface area contributed by atoms with Gasteiger partial charge < -0.3 is 10.4 Å². The van der Waals surface area contributed by atoms with E-state index in [1.54, 1.807) is 11.3 Å². The summed E-state index contributed by atoms with van der Waals surface area (Å²) < 4.78 is 0. The number of fused-ring (bicyclic) bond motifs is 1. The Morgan fingerprint density at radius 3 is 3.00 bits per heavy atom. The first-order valence-corrected chi connectivity index (χ1v) is 6.13. The van der Waals surface area contributed by atoms with Gasteiger partial charge in [-0.2, -0.15) is 0 Å². The summed E-state index contributed by atoms with van der Waals surface area (Å²) in [4.78, 5) is 13.8. The van der Waals surface area contributed by atoms with Crippen LogP contribution in [0, 0.1) is 0 Å². The van der Waals surface area contributed by atoms with E-state index >= 15 is 0 Å². The van der Waals surface area contributed by atoms with E-state index in [4.69, 9.17) is 5.11 Å². The molecule has 0 bridgehead atoms. The summed E-state index contributed by atoms with van der Waals surface area (Å²) in [7, 11) is 0. The van der Waals surface area contributed by atoms with Crippen molar-refractivity contribution in [1.29, 1.82) is 0 Å². The lowest BCUT2D eigenvalue weighted by molar-refractivity contribution is 0.0949.